The number of hydrogen-bond acceptors (Lipinski definition) is 5. The molecule has 0 radical (unpaired) electrons. The Balaban J connectivity index is 1.88. The fourth-order valence-corrected chi connectivity index (χ4v) is 5.33. The number of carbonyl (C=O) groups is 1. The molecule has 1 amide bonds. The summed E-state index contributed by atoms with van der Waals surface area (Å²) in [5, 5.41) is 0. The average Bonchev–Trinajstić information content (AvgIpc) is 2.64. The molecule has 2 saturated heterocycles. The molecule has 2 aliphatic rings. The fourth-order valence-electron chi connectivity index (χ4n) is 3.67. The average molecular weight is 396 g/mol. The van der Waals surface area contributed by atoms with E-state index in [0.29, 0.717) is 50.5 Å². The van der Waals surface area contributed by atoms with Gasteiger partial charge < -0.3 is 15.4 Å². The first kappa shape index (κ1) is 20.3. The molecule has 150 valence electrons. The summed E-state index contributed by atoms with van der Waals surface area (Å²) in [7, 11) is -3.65. The first-order valence-electron chi connectivity index (χ1n) is 9.36. The van der Waals surface area contributed by atoms with Crippen LogP contribution in [0.25, 0.3) is 0 Å². The first-order chi connectivity index (χ1) is 12.6. The number of nitrogens with two attached hydrogens (primary N) is 1. The largest absolute Gasteiger partial charge is 0.379 e. The van der Waals surface area contributed by atoms with Gasteiger partial charge in [0.25, 0.3) is 5.91 Å². The van der Waals surface area contributed by atoms with Gasteiger partial charge in [0.15, 0.2) is 0 Å². The maximum absolute atomic E-state index is 13.0. The number of hydrogen-bond donors (Lipinski definition) is 1. The Labute approximate surface area is 161 Å². The topological polar surface area (TPSA) is 92.9 Å². The van der Waals surface area contributed by atoms with Crippen molar-refractivity contribution in [1.82, 2.24) is 9.21 Å². The van der Waals surface area contributed by atoms with E-state index in [1.54, 1.807) is 24.0 Å². The van der Waals surface area contributed by atoms with Crippen LogP contribution in [0.3, 0.4) is 0 Å². The third-order valence-corrected chi connectivity index (χ3v) is 7.66. The van der Waals surface area contributed by atoms with E-state index in [-0.39, 0.29) is 22.3 Å². The molecule has 2 N–H and O–H groups in total. The zero-order chi connectivity index (χ0) is 19.8. The third kappa shape index (κ3) is 4.03. The van der Waals surface area contributed by atoms with Gasteiger partial charge in [-0.3, -0.25) is 4.79 Å². The molecule has 8 heteroatoms. The quantitative estimate of drug-likeness (QED) is 0.831. The molecule has 0 spiro atoms. The highest BCUT2D eigenvalue weighted by atomic mass is 32.2. The summed E-state index contributed by atoms with van der Waals surface area (Å²) in [5.41, 5.74) is 7.04. The number of sulfonamides is 1. The minimum Gasteiger partial charge on any atom is -0.379 e. The van der Waals surface area contributed by atoms with E-state index in [9.17, 15) is 13.2 Å². The van der Waals surface area contributed by atoms with Crippen LogP contribution in [-0.4, -0.2) is 69.0 Å². The minimum absolute atomic E-state index is 0.0526. The van der Waals surface area contributed by atoms with E-state index in [4.69, 9.17) is 10.5 Å². The van der Waals surface area contributed by atoms with Gasteiger partial charge in [-0.15, -0.1) is 0 Å². The van der Waals surface area contributed by atoms with Crippen molar-refractivity contribution in [3.05, 3.63) is 29.3 Å². The van der Waals surface area contributed by atoms with E-state index in [2.05, 4.69) is 13.8 Å². The predicted molar refractivity (Wildman–Crippen MR) is 103 cm³/mol. The second kappa shape index (κ2) is 7.50. The molecule has 0 aliphatic carbocycles. The van der Waals surface area contributed by atoms with Gasteiger partial charge >= 0.3 is 0 Å². The Kier molecular flexibility index (Phi) is 5.63. The molecule has 2 aliphatic heterocycles. The van der Waals surface area contributed by atoms with Crippen LogP contribution >= 0.6 is 0 Å². The molecule has 3 rings (SSSR count). The standard InChI is InChI=1S/C19H29N3O4S/c1-14-4-5-15(18(23)21-7-6-17(20)19(2,3)13-21)12-16(14)27(24,25)22-8-10-26-11-9-22/h4-5,12,17H,6-11,13,20H2,1-3H3. The van der Waals surface area contributed by atoms with E-state index in [0.717, 1.165) is 6.42 Å². The number of morpholine rings is 1. The number of benzene rings is 1. The number of piperidine rings is 1. The van der Waals surface area contributed by atoms with Gasteiger partial charge in [0.2, 0.25) is 10.0 Å². The second-order valence-electron chi connectivity index (χ2n) is 8.11. The van der Waals surface area contributed by atoms with Crippen molar-refractivity contribution in [1.29, 1.82) is 0 Å². The van der Waals surface area contributed by atoms with E-state index in [1.807, 2.05) is 0 Å². The van der Waals surface area contributed by atoms with Crippen molar-refractivity contribution in [2.75, 3.05) is 39.4 Å². The SMILES string of the molecule is Cc1ccc(C(=O)N2CCC(N)C(C)(C)C2)cc1S(=O)(=O)N1CCOCC1. The van der Waals surface area contributed by atoms with E-state index < -0.39 is 10.0 Å². The summed E-state index contributed by atoms with van der Waals surface area (Å²) in [4.78, 5) is 15.0. The number of likely N-dealkylation sites (tertiary alicyclic amines) is 1. The van der Waals surface area contributed by atoms with Crippen LogP contribution in [-0.2, 0) is 14.8 Å². The van der Waals surface area contributed by atoms with Gasteiger partial charge in [0, 0.05) is 37.8 Å². The molecule has 2 heterocycles. The maximum Gasteiger partial charge on any atom is 0.253 e. The van der Waals surface area contributed by atoms with Crippen molar-refractivity contribution >= 4 is 15.9 Å². The van der Waals surface area contributed by atoms with E-state index in [1.165, 1.54) is 10.4 Å². The lowest BCUT2D eigenvalue weighted by Crippen LogP contribution is -2.54. The molecule has 1 aromatic carbocycles. The molecule has 0 bridgehead atoms. The molecule has 1 atom stereocenters. The minimum atomic E-state index is -3.65. The van der Waals surface area contributed by atoms with Crippen LogP contribution in [0.1, 0.15) is 36.2 Å². The molecule has 0 saturated carbocycles. The van der Waals surface area contributed by atoms with Crippen molar-refractivity contribution in [2.24, 2.45) is 11.1 Å². The second-order valence-corrected chi connectivity index (χ2v) is 10.0. The molecule has 7 nitrogen and oxygen atoms in total. The van der Waals surface area contributed by atoms with E-state index >= 15 is 0 Å². The highest BCUT2D eigenvalue weighted by Crippen LogP contribution is 2.29. The molecule has 1 unspecified atom stereocenters. The fraction of sp³-hybridized carbons (Fsp3) is 0.632. The lowest BCUT2D eigenvalue weighted by molar-refractivity contribution is 0.0532. The number of nitrogens with zero attached hydrogens (tertiary/aromatic N) is 2. The number of rotatable bonds is 3. The molecule has 1 aromatic rings. The van der Waals surface area contributed by atoms with Crippen LogP contribution in [0, 0.1) is 12.3 Å². The van der Waals surface area contributed by atoms with Crippen LogP contribution in [0.5, 0.6) is 0 Å². The summed E-state index contributed by atoms with van der Waals surface area (Å²) in [6.07, 6.45) is 0.740. The van der Waals surface area contributed by atoms with Gasteiger partial charge in [0.1, 0.15) is 0 Å². The van der Waals surface area contributed by atoms with Crippen molar-refractivity contribution < 1.29 is 17.9 Å². The number of aryl methyl sites for hydroxylation is 1. The zero-order valence-electron chi connectivity index (χ0n) is 16.3. The Morgan fingerprint density at radius 3 is 2.52 bits per heavy atom. The third-order valence-electron chi connectivity index (χ3n) is 5.62. The Morgan fingerprint density at radius 1 is 1.22 bits per heavy atom. The lowest BCUT2D eigenvalue weighted by atomic mass is 9.79. The zero-order valence-corrected chi connectivity index (χ0v) is 17.1. The van der Waals surface area contributed by atoms with Crippen molar-refractivity contribution in [2.45, 2.75) is 38.1 Å². The smallest absolute Gasteiger partial charge is 0.253 e. The summed E-state index contributed by atoms with van der Waals surface area (Å²) >= 11 is 0. The number of ether oxygens (including phenoxy) is 1. The Morgan fingerprint density at radius 2 is 1.89 bits per heavy atom. The molecular weight excluding hydrogens is 366 g/mol. The maximum atomic E-state index is 13.0. The first-order valence-corrected chi connectivity index (χ1v) is 10.8. The highest BCUT2D eigenvalue weighted by Gasteiger charge is 2.36. The van der Waals surface area contributed by atoms with Gasteiger partial charge in [-0.25, -0.2) is 8.42 Å². The summed E-state index contributed by atoms with van der Waals surface area (Å²) in [5.74, 6) is -0.145. The van der Waals surface area contributed by atoms with Crippen LogP contribution in [0.4, 0.5) is 0 Å². The lowest BCUT2D eigenvalue weighted by Gasteiger charge is -2.42. The number of amides is 1. The van der Waals surface area contributed by atoms with Crippen LogP contribution in [0.15, 0.2) is 23.1 Å². The van der Waals surface area contributed by atoms with Crippen molar-refractivity contribution in [3.63, 3.8) is 0 Å². The Bertz CT molecular complexity index is 816. The van der Waals surface area contributed by atoms with Gasteiger partial charge in [-0.05, 0) is 36.5 Å². The molecular formula is C19H29N3O4S. The predicted octanol–water partition coefficient (Wildman–Crippen LogP) is 1.22. The molecule has 2 fully saturated rings. The van der Waals surface area contributed by atoms with Crippen LogP contribution < -0.4 is 5.73 Å². The molecule has 27 heavy (non-hydrogen) atoms. The normalized spacial score (nSPS) is 24.0. The van der Waals surface area contributed by atoms with Crippen molar-refractivity contribution in [3.8, 4) is 0 Å². The monoisotopic (exact) mass is 395 g/mol. The summed E-state index contributed by atoms with van der Waals surface area (Å²) < 4.78 is 32.7. The highest BCUT2D eigenvalue weighted by molar-refractivity contribution is 7.89. The van der Waals surface area contributed by atoms with Gasteiger partial charge in [-0.2, -0.15) is 4.31 Å². The van der Waals surface area contributed by atoms with Crippen LogP contribution in [0.2, 0.25) is 0 Å². The number of carbonyl (C=O) groups excluding carboxylic acids is 1. The Hall–Kier alpha value is -1.48. The molecule has 0 aromatic heterocycles. The van der Waals surface area contributed by atoms with Gasteiger partial charge in [0.05, 0.1) is 18.1 Å². The summed E-state index contributed by atoms with van der Waals surface area (Å²) in [6, 6.07) is 4.99. The summed E-state index contributed by atoms with van der Waals surface area (Å²) in [6.45, 7) is 8.46. The van der Waals surface area contributed by atoms with Gasteiger partial charge in [-0.1, -0.05) is 19.9 Å².